The molecule has 30 heavy (non-hydrogen) atoms. The number of carbonyl (C=O) groups excluding carboxylic acids is 2. The van der Waals surface area contributed by atoms with E-state index in [0.29, 0.717) is 6.42 Å². The van der Waals surface area contributed by atoms with Crippen LogP contribution in [0.15, 0.2) is 69.8 Å². The summed E-state index contributed by atoms with van der Waals surface area (Å²) in [5.74, 6) is 0.0541. The Kier molecular flexibility index (Phi) is 5.35. The van der Waals surface area contributed by atoms with Crippen molar-refractivity contribution >= 4 is 46.3 Å². The SMILES string of the molecule is O=C(Cc1cccs1)Nc1ccc2c(c1)Sc1ccccc1C(=O)N2C1CCCC1. The lowest BCUT2D eigenvalue weighted by Gasteiger charge is -2.29. The molecule has 0 atom stereocenters. The van der Waals surface area contributed by atoms with E-state index >= 15 is 0 Å². The average Bonchev–Trinajstić information content (AvgIpc) is 3.43. The van der Waals surface area contributed by atoms with E-state index in [0.717, 1.165) is 57.3 Å². The van der Waals surface area contributed by atoms with Crippen molar-refractivity contribution in [1.82, 2.24) is 0 Å². The van der Waals surface area contributed by atoms with Gasteiger partial charge in [-0.25, -0.2) is 0 Å². The van der Waals surface area contributed by atoms with Gasteiger partial charge >= 0.3 is 0 Å². The number of rotatable bonds is 4. The minimum absolute atomic E-state index is 0.0276. The van der Waals surface area contributed by atoms with Crippen LogP contribution in [0.3, 0.4) is 0 Å². The first-order valence-corrected chi connectivity index (χ1v) is 12.0. The van der Waals surface area contributed by atoms with Crippen molar-refractivity contribution < 1.29 is 9.59 Å². The Hall–Kier alpha value is -2.57. The van der Waals surface area contributed by atoms with Crippen molar-refractivity contribution in [2.75, 3.05) is 10.2 Å². The van der Waals surface area contributed by atoms with Crippen molar-refractivity contribution in [3.8, 4) is 0 Å². The lowest BCUT2D eigenvalue weighted by atomic mass is 10.1. The van der Waals surface area contributed by atoms with E-state index in [1.165, 1.54) is 0 Å². The second-order valence-electron chi connectivity index (χ2n) is 7.70. The molecule has 5 rings (SSSR count). The van der Waals surface area contributed by atoms with Crippen molar-refractivity contribution in [2.45, 2.75) is 47.9 Å². The van der Waals surface area contributed by atoms with Crippen LogP contribution in [0.2, 0.25) is 0 Å². The summed E-state index contributed by atoms with van der Waals surface area (Å²) in [7, 11) is 0. The van der Waals surface area contributed by atoms with Crippen LogP contribution in [0.4, 0.5) is 11.4 Å². The average molecular weight is 435 g/mol. The zero-order valence-electron chi connectivity index (χ0n) is 16.5. The first-order valence-electron chi connectivity index (χ1n) is 10.3. The Balaban J connectivity index is 1.49. The smallest absolute Gasteiger partial charge is 0.259 e. The van der Waals surface area contributed by atoms with E-state index in [1.807, 2.05) is 64.9 Å². The molecular weight excluding hydrogens is 412 g/mol. The van der Waals surface area contributed by atoms with Crippen molar-refractivity contribution in [3.63, 3.8) is 0 Å². The summed E-state index contributed by atoms with van der Waals surface area (Å²) < 4.78 is 0. The van der Waals surface area contributed by atoms with Crippen LogP contribution in [0.1, 0.15) is 40.9 Å². The summed E-state index contributed by atoms with van der Waals surface area (Å²) >= 11 is 3.19. The van der Waals surface area contributed by atoms with E-state index in [1.54, 1.807) is 23.1 Å². The Morgan fingerprint density at radius 3 is 2.67 bits per heavy atom. The molecule has 152 valence electrons. The third kappa shape index (κ3) is 3.77. The molecule has 1 aliphatic heterocycles. The van der Waals surface area contributed by atoms with Gasteiger partial charge in [0.15, 0.2) is 0 Å². The fraction of sp³-hybridized carbons (Fsp3) is 0.250. The largest absolute Gasteiger partial charge is 0.326 e. The summed E-state index contributed by atoms with van der Waals surface area (Å²) in [5, 5.41) is 5.00. The summed E-state index contributed by atoms with van der Waals surface area (Å²) in [6.45, 7) is 0. The molecule has 1 saturated carbocycles. The first kappa shape index (κ1) is 19.4. The molecule has 6 heteroatoms. The highest BCUT2D eigenvalue weighted by Crippen LogP contribution is 2.44. The Morgan fingerprint density at radius 2 is 1.87 bits per heavy atom. The number of nitrogens with one attached hydrogen (secondary N) is 1. The number of hydrogen-bond acceptors (Lipinski definition) is 4. The number of amides is 2. The van der Waals surface area contributed by atoms with Gasteiger partial charge in [0.1, 0.15) is 0 Å². The maximum Gasteiger partial charge on any atom is 0.259 e. The molecule has 2 aliphatic rings. The fourth-order valence-corrected chi connectivity index (χ4v) is 6.07. The molecule has 1 aliphatic carbocycles. The fourth-order valence-electron chi connectivity index (χ4n) is 4.26. The predicted octanol–water partition coefficient (Wildman–Crippen LogP) is 5.98. The molecule has 1 N–H and O–H groups in total. The number of benzene rings is 2. The molecule has 2 aromatic carbocycles. The van der Waals surface area contributed by atoms with Crippen molar-refractivity contribution in [1.29, 1.82) is 0 Å². The third-order valence-electron chi connectivity index (χ3n) is 5.66. The molecule has 2 heterocycles. The molecule has 1 fully saturated rings. The quantitative estimate of drug-likeness (QED) is 0.549. The van der Waals surface area contributed by atoms with Crippen LogP contribution < -0.4 is 10.2 Å². The summed E-state index contributed by atoms with van der Waals surface area (Å²) in [6.07, 6.45) is 4.77. The maximum atomic E-state index is 13.5. The van der Waals surface area contributed by atoms with Crippen LogP contribution in [0.25, 0.3) is 0 Å². The number of carbonyl (C=O) groups is 2. The van der Waals surface area contributed by atoms with Gasteiger partial charge in [0.2, 0.25) is 5.91 Å². The number of anilines is 2. The Morgan fingerprint density at radius 1 is 1.03 bits per heavy atom. The van der Waals surface area contributed by atoms with Crippen LogP contribution in [-0.2, 0) is 11.2 Å². The Bertz CT molecular complexity index is 1090. The van der Waals surface area contributed by atoms with Crippen LogP contribution in [0.5, 0.6) is 0 Å². The monoisotopic (exact) mass is 434 g/mol. The molecule has 0 spiro atoms. The van der Waals surface area contributed by atoms with Crippen LogP contribution >= 0.6 is 23.1 Å². The maximum absolute atomic E-state index is 13.5. The van der Waals surface area contributed by atoms with Crippen molar-refractivity contribution in [2.24, 2.45) is 0 Å². The lowest BCUT2D eigenvalue weighted by molar-refractivity contribution is -0.115. The van der Waals surface area contributed by atoms with Gasteiger partial charge in [0.05, 0.1) is 17.7 Å². The van der Waals surface area contributed by atoms with E-state index in [2.05, 4.69) is 5.32 Å². The second kappa shape index (κ2) is 8.28. The van der Waals surface area contributed by atoms with Gasteiger partial charge in [0.25, 0.3) is 5.91 Å². The molecule has 0 bridgehead atoms. The highest BCUT2D eigenvalue weighted by Gasteiger charge is 2.33. The van der Waals surface area contributed by atoms with Gasteiger partial charge in [-0.1, -0.05) is 42.8 Å². The van der Waals surface area contributed by atoms with E-state index in [9.17, 15) is 9.59 Å². The zero-order chi connectivity index (χ0) is 20.5. The lowest BCUT2D eigenvalue weighted by Crippen LogP contribution is -2.39. The van der Waals surface area contributed by atoms with Gasteiger partial charge in [-0.3, -0.25) is 9.59 Å². The van der Waals surface area contributed by atoms with Gasteiger partial charge in [-0.2, -0.15) is 0 Å². The van der Waals surface area contributed by atoms with Crippen LogP contribution in [-0.4, -0.2) is 17.9 Å². The molecule has 0 radical (unpaired) electrons. The topological polar surface area (TPSA) is 49.4 Å². The van der Waals surface area contributed by atoms with E-state index < -0.39 is 0 Å². The minimum Gasteiger partial charge on any atom is -0.326 e. The van der Waals surface area contributed by atoms with Gasteiger partial charge in [-0.05, 0) is 54.6 Å². The molecule has 2 amide bonds. The number of nitrogens with zero attached hydrogens (tertiary/aromatic N) is 1. The second-order valence-corrected chi connectivity index (χ2v) is 9.81. The van der Waals surface area contributed by atoms with Gasteiger partial charge < -0.3 is 10.2 Å². The molecule has 1 aromatic heterocycles. The number of fused-ring (bicyclic) bond motifs is 2. The minimum atomic E-state index is -0.0276. The van der Waals surface area contributed by atoms with E-state index in [4.69, 9.17) is 0 Å². The van der Waals surface area contributed by atoms with Crippen molar-refractivity contribution in [3.05, 3.63) is 70.4 Å². The van der Waals surface area contributed by atoms with Crippen LogP contribution in [0, 0.1) is 0 Å². The molecule has 0 unspecified atom stereocenters. The normalized spacial score (nSPS) is 16.1. The highest BCUT2D eigenvalue weighted by molar-refractivity contribution is 7.99. The molecule has 4 nitrogen and oxygen atoms in total. The summed E-state index contributed by atoms with van der Waals surface area (Å²) in [6, 6.07) is 17.9. The van der Waals surface area contributed by atoms with Gasteiger partial charge in [0, 0.05) is 26.4 Å². The highest BCUT2D eigenvalue weighted by atomic mass is 32.2. The number of hydrogen-bond donors (Lipinski definition) is 1. The predicted molar refractivity (Wildman–Crippen MR) is 123 cm³/mol. The van der Waals surface area contributed by atoms with E-state index in [-0.39, 0.29) is 17.9 Å². The summed E-state index contributed by atoms with van der Waals surface area (Å²) in [4.78, 5) is 31.0. The Labute approximate surface area is 184 Å². The molecule has 0 saturated heterocycles. The molecular formula is C24H22N2O2S2. The number of thiophene rings is 1. The third-order valence-corrected chi connectivity index (χ3v) is 7.66. The molecule has 3 aromatic rings. The first-order chi connectivity index (χ1) is 14.7. The standard InChI is InChI=1S/C24H22N2O2S2/c27-23(15-18-8-5-13-29-18)25-16-11-12-20-22(14-16)30-21-10-4-3-9-19(21)24(28)26(20)17-6-1-2-7-17/h3-5,8-14,17H,1-2,6-7,15H2,(H,25,27). The zero-order valence-corrected chi connectivity index (χ0v) is 18.1. The summed E-state index contributed by atoms with van der Waals surface area (Å²) in [5.41, 5.74) is 2.47. The van der Waals surface area contributed by atoms with Gasteiger partial charge in [-0.15, -0.1) is 11.3 Å².